The average molecular weight is 297 g/mol. The first-order chi connectivity index (χ1) is 8.46. The van der Waals surface area contributed by atoms with Crippen molar-refractivity contribution >= 4 is 19.5 Å². The molecule has 0 aliphatic heterocycles. The van der Waals surface area contributed by atoms with Crippen molar-refractivity contribution in [2.24, 2.45) is 5.41 Å². The van der Waals surface area contributed by atoms with Gasteiger partial charge in [-0.1, -0.05) is 13.8 Å². The van der Waals surface area contributed by atoms with Crippen molar-refractivity contribution in [3.05, 3.63) is 0 Å². The molecular weight excluding hydrogens is 277 g/mol. The number of amides is 1. The highest BCUT2D eigenvalue weighted by Gasteiger charge is 2.35. The van der Waals surface area contributed by atoms with E-state index in [0.29, 0.717) is 0 Å². The summed E-state index contributed by atoms with van der Waals surface area (Å²) in [6, 6.07) is 0. The standard InChI is InChI=1S/C10H20NO7P/c1-7(12)4-5-11-9(14)8(13)10(2,3)6-18-19(15,16)17/h8,13H,4-6H2,1-3H3,(H,11,14)(H2,15,16,17). The summed E-state index contributed by atoms with van der Waals surface area (Å²) < 4.78 is 14.9. The van der Waals surface area contributed by atoms with E-state index in [-0.39, 0.29) is 18.7 Å². The molecule has 1 amide bonds. The Hall–Kier alpha value is -0.790. The first-order valence-electron chi connectivity index (χ1n) is 5.61. The number of phosphoric ester groups is 1. The topological polar surface area (TPSA) is 133 Å². The number of Topliss-reactive ketones (excluding diaryl/α,β-unsaturated/α-hetero) is 1. The Morgan fingerprint density at radius 1 is 1.37 bits per heavy atom. The maximum atomic E-state index is 11.6. The fraction of sp³-hybridized carbons (Fsp3) is 0.800. The predicted octanol–water partition coefficient (Wildman–Crippen LogP) is -0.422. The average Bonchev–Trinajstić information content (AvgIpc) is 2.24. The number of hydrogen-bond donors (Lipinski definition) is 4. The molecule has 0 aromatic heterocycles. The Bertz CT molecular complexity index is 376. The number of phosphoric acid groups is 1. The molecule has 0 fully saturated rings. The van der Waals surface area contributed by atoms with Crippen LogP contribution in [0, 0.1) is 5.41 Å². The van der Waals surface area contributed by atoms with E-state index >= 15 is 0 Å². The van der Waals surface area contributed by atoms with Crippen LogP contribution in [0.15, 0.2) is 0 Å². The molecule has 1 unspecified atom stereocenters. The van der Waals surface area contributed by atoms with Crippen LogP contribution in [0.5, 0.6) is 0 Å². The molecule has 8 nitrogen and oxygen atoms in total. The monoisotopic (exact) mass is 297 g/mol. The lowest BCUT2D eigenvalue weighted by Gasteiger charge is -2.29. The van der Waals surface area contributed by atoms with E-state index in [2.05, 4.69) is 9.84 Å². The number of carbonyl (C=O) groups is 2. The highest BCUT2D eigenvalue weighted by molar-refractivity contribution is 7.46. The van der Waals surface area contributed by atoms with Crippen molar-refractivity contribution in [3.63, 3.8) is 0 Å². The summed E-state index contributed by atoms with van der Waals surface area (Å²) in [4.78, 5) is 39.4. The number of nitrogens with one attached hydrogen (secondary N) is 1. The van der Waals surface area contributed by atoms with Crippen molar-refractivity contribution in [2.75, 3.05) is 13.2 Å². The van der Waals surface area contributed by atoms with Crippen molar-refractivity contribution in [1.29, 1.82) is 0 Å². The second-order valence-electron chi connectivity index (χ2n) is 4.90. The fourth-order valence-electron chi connectivity index (χ4n) is 1.14. The Balaban J connectivity index is 4.35. The van der Waals surface area contributed by atoms with Crippen LogP contribution >= 0.6 is 7.82 Å². The molecule has 112 valence electrons. The molecule has 0 heterocycles. The lowest BCUT2D eigenvalue weighted by Crippen LogP contribution is -2.46. The van der Waals surface area contributed by atoms with Crippen LogP contribution in [0.3, 0.4) is 0 Å². The Morgan fingerprint density at radius 2 is 1.89 bits per heavy atom. The van der Waals surface area contributed by atoms with Crippen molar-refractivity contribution in [1.82, 2.24) is 5.32 Å². The zero-order valence-electron chi connectivity index (χ0n) is 11.1. The van der Waals surface area contributed by atoms with Crippen LogP contribution in [0.25, 0.3) is 0 Å². The molecule has 9 heteroatoms. The van der Waals surface area contributed by atoms with E-state index in [4.69, 9.17) is 9.79 Å². The third-order valence-corrected chi connectivity index (χ3v) is 2.84. The summed E-state index contributed by atoms with van der Waals surface area (Å²) >= 11 is 0. The van der Waals surface area contributed by atoms with Gasteiger partial charge < -0.3 is 20.2 Å². The molecule has 0 aliphatic carbocycles. The first-order valence-corrected chi connectivity index (χ1v) is 7.14. The van der Waals surface area contributed by atoms with Gasteiger partial charge in [0, 0.05) is 18.4 Å². The SMILES string of the molecule is CC(=O)CCNC(=O)C(O)C(C)(C)COP(=O)(O)O. The molecule has 0 saturated carbocycles. The molecule has 0 rings (SSSR count). The van der Waals surface area contributed by atoms with E-state index in [9.17, 15) is 19.3 Å². The third-order valence-electron chi connectivity index (χ3n) is 2.37. The fourth-order valence-corrected chi connectivity index (χ4v) is 1.64. The van der Waals surface area contributed by atoms with Crippen molar-refractivity contribution in [2.45, 2.75) is 33.3 Å². The van der Waals surface area contributed by atoms with Crippen LogP contribution in [0.2, 0.25) is 0 Å². The van der Waals surface area contributed by atoms with Gasteiger partial charge in [0.2, 0.25) is 5.91 Å². The lowest BCUT2D eigenvalue weighted by atomic mass is 9.87. The number of ketones is 1. The van der Waals surface area contributed by atoms with E-state index in [1.54, 1.807) is 0 Å². The van der Waals surface area contributed by atoms with Crippen LogP contribution < -0.4 is 5.32 Å². The molecule has 0 aromatic rings. The largest absolute Gasteiger partial charge is 0.469 e. The van der Waals surface area contributed by atoms with Gasteiger partial charge in [-0.3, -0.25) is 14.1 Å². The molecular formula is C10H20NO7P. The first kappa shape index (κ1) is 18.2. The summed E-state index contributed by atoms with van der Waals surface area (Å²) in [5.41, 5.74) is -1.18. The number of aliphatic hydroxyl groups is 1. The molecule has 19 heavy (non-hydrogen) atoms. The van der Waals surface area contributed by atoms with Crippen LogP contribution in [0.4, 0.5) is 0 Å². The molecule has 0 aromatic carbocycles. The zero-order valence-corrected chi connectivity index (χ0v) is 12.0. The highest BCUT2D eigenvalue weighted by atomic mass is 31.2. The van der Waals surface area contributed by atoms with Gasteiger partial charge in [0.1, 0.15) is 11.9 Å². The molecule has 0 radical (unpaired) electrons. The molecule has 0 spiro atoms. The van der Waals surface area contributed by atoms with Gasteiger partial charge in [0.25, 0.3) is 0 Å². The van der Waals surface area contributed by atoms with E-state index in [1.165, 1.54) is 20.8 Å². The Kier molecular flexibility index (Phi) is 6.82. The van der Waals surface area contributed by atoms with Gasteiger partial charge in [-0.2, -0.15) is 0 Å². The van der Waals surface area contributed by atoms with Gasteiger partial charge in [-0.15, -0.1) is 0 Å². The Labute approximate surface area is 111 Å². The van der Waals surface area contributed by atoms with Crippen LogP contribution in [-0.4, -0.2) is 45.8 Å². The highest BCUT2D eigenvalue weighted by Crippen LogP contribution is 2.38. The molecule has 0 aliphatic rings. The molecule has 0 bridgehead atoms. The van der Waals surface area contributed by atoms with Gasteiger partial charge >= 0.3 is 7.82 Å². The summed E-state index contributed by atoms with van der Waals surface area (Å²) in [6.45, 7) is 3.84. The minimum absolute atomic E-state index is 0.0979. The second kappa shape index (κ2) is 7.12. The van der Waals surface area contributed by atoms with Crippen molar-refractivity contribution in [3.8, 4) is 0 Å². The quantitative estimate of drug-likeness (QED) is 0.447. The second-order valence-corrected chi connectivity index (χ2v) is 6.14. The van der Waals surface area contributed by atoms with Crippen molar-refractivity contribution < 1.29 is 33.6 Å². The predicted molar refractivity (Wildman–Crippen MR) is 66.1 cm³/mol. The number of carbonyl (C=O) groups excluding carboxylic acids is 2. The smallest absolute Gasteiger partial charge is 0.383 e. The Morgan fingerprint density at radius 3 is 2.32 bits per heavy atom. The lowest BCUT2D eigenvalue weighted by molar-refractivity contribution is -0.136. The number of rotatable bonds is 8. The van der Waals surface area contributed by atoms with Gasteiger partial charge in [0.05, 0.1) is 6.61 Å². The minimum atomic E-state index is -4.65. The van der Waals surface area contributed by atoms with E-state index < -0.39 is 31.9 Å². The third kappa shape index (κ3) is 8.07. The number of hydrogen-bond acceptors (Lipinski definition) is 5. The molecule has 1 atom stereocenters. The van der Waals surface area contributed by atoms with Gasteiger partial charge in [-0.05, 0) is 6.92 Å². The maximum absolute atomic E-state index is 11.6. The van der Waals surface area contributed by atoms with Gasteiger partial charge in [-0.25, -0.2) is 4.57 Å². The van der Waals surface area contributed by atoms with E-state index in [0.717, 1.165) is 0 Å². The van der Waals surface area contributed by atoms with E-state index in [1.807, 2.05) is 0 Å². The minimum Gasteiger partial charge on any atom is -0.383 e. The molecule has 4 N–H and O–H groups in total. The normalized spacial score (nSPS) is 14.0. The maximum Gasteiger partial charge on any atom is 0.469 e. The van der Waals surface area contributed by atoms with Crippen LogP contribution in [-0.2, 0) is 18.7 Å². The number of aliphatic hydroxyl groups excluding tert-OH is 1. The summed E-state index contributed by atoms with van der Waals surface area (Å²) in [7, 11) is -4.65. The molecule has 0 saturated heterocycles. The summed E-state index contributed by atoms with van der Waals surface area (Å²) in [5, 5.41) is 12.1. The summed E-state index contributed by atoms with van der Waals surface area (Å²) in [5.74, 6) is -0.820. The zero-order chi connectivity index (χ0) is 15.3. The van der Waals surface area contributed by atoms with Crippen LogP contribution in [0.1, 0.15) is 27.2 Å². The van der Waals surface area contributed by atoms with Gasteiger partial charge in [0.15, 0.2) is 0 Å². The summed E-state index contributed by atoms with van der Waals surface area (Å²) in [6.07, 6.45) is -1.36.